The molecule has 0 N–H and O–H groups in total. The van der Waals surface area contributed by atoms with E-state index in [0.29, 0.717) is 10.9 Å². The predicted molar refractivity (Wildman–Crippen MR) is 79.8 cm³/mol. The Labute approximate surface area is 121 Å². The van der Waals surface area contributed by atoms with Gasteiger partial charge >= 0.3 is 0 Å². The van der Waals surface area contributed by atoms with Crippen molar-refractivity contribution in [2.75, 3.05) is 0 Å². The van der Waals surface area contributed by atoms with Gasteiger partial charge in [0.05, 0.1) is 3.79 Å². The second-order valence-electron chi connectivity index (χ2n) is 3.62. The maximum atomic E-state index is 6.22. The molecule has 0 spiro atoms. The van der Waals surface area contributed by atoms with Crippen LogP contribution in [0.15, 0.2) is 44.6 Å². The minimum Gasteiger partial charge on any atom is -0.435 e. The molecule has 0 atom stereocenters. The molecular weight excluding hydrogens is 334 g/mol. The average molecular weight is 341 g/mol. The highest BCUT2D eigenvalue weighted by atomic mass is 79.9. The van der Waals surface area contributed by atoms with Crippen molar-refractivity contribution in [1.29, 1.82) is 0 Å². The fourth-order valence-corrected chi connectivity index (χ4v) is 3.20. The Bertz CT molecular complexity index is 698. The van der Waals surface area contributed by atoms with Crippen molar-refractivity contribution in [3.05, 3.63) is 51.0 Å². The normalized spacial score (nSPS) is 12.2. The van der Waals surface area contributed by atoms with Crippen molar-refractivity contribution >= 4 is 61.1 Å². The van der Waals surface area contributed by atoms with Crippen molar-refractivity contribution in [3.63, 3.8) is 0 Å². The van der Waals surface area contributed by atoms with Crippen LogP contribution in [0.2, 0.25) is 0 Å². The van der Waals surface area contributed by atoms with E-state index in [4.69, 9.17) is 16.0 Å². The number of hydrogen-bond acceptors (Lipinski definition) is 3. The van der Waals surface area contributed by atoms with Gasteiger partial charge in [-0.2, -0.15) is 0 Å². The standard InChI is InChI=1S/C13H7BrClNOS/c14-12-6-5-8(18-12)7-9(15)13-16-10-3-1-2-4-11(10)17-13/h1-7H/b9-7-. The lowest BCUT2D eigenvalue weighted by atomic mass is 10.3. The number of aromatic nitrogens is 1. The Morgan fingerprint density at radius 2 is 2.11 bits per heavy atom. The summed E-state index contributed by atoms with van der Waals surface area (Å²) in [5, 5.41) is 0.501. The first-order chi connectivity index (χ1) is 8.72. The molecule has 0 saturated carbocycles. The van der Waals surface area contributed by atoms with E-state index in [2.05, 4.69) is 20.9 Å². The highest BCUT2D eigenvalue weighted by Crippen LogP contribution is 2.29. The van der Waals surface area contributed by atoms with E-state index in [1.807, 2.05) is 42.5 Å². The van der Waals surface area contributed by atoms with Gasteiger partial charge in [-0.05, 0) is 46.3 Å². The number of hydrogen-bond donors (Lipinski definition) is 0. The van der Waals surface area contributed by atoms with Crippen LogP contribution >= 0.6 is 38.9 Å². The third kappa shape index (κ3) is 2.36. The van der Waals surface area contributed by atoms with Crippen molar-refractivity contribution in [2.24, 2.45) is 0 Å². The van der Waals surface area contributed by atoms with Gasteiger partial charge in [0.2, 0.25) is 5.89 Å². The molecule has 0 aliphatic rings. The highest BCUT2D eigenvalue weighted by molar-refractivity contribution is 9.11. The number of oxazole rings is 1. The molecular formula is C13H7BrClNOS. The van der Waals surface area contributed by atoms with Crippen LogP contribution in [0.25, 0.3) is 22.2 Å². The Kier molecular flexibility index (Phi) is 3.24. The molecule has 3 aromatic rings. The van der Waals surface area contributed by atoms with Crippen molar-refractivity contribution in [1.82, 2.24) is 4.98 Å². The molecule has 0 radical (unpaired) electrons. The Morgan fingerprint density at radius 3 is 2.83 bits per heavy atom. The Hall–Kier alpha value is -1.10. The van der Waals surface area contributed by atoms with E-state index in [1.54, 1.807) is 11.3 Å². The molecule has 2 heterocycles. The first-order valence-corrected chi connectivity index (χ1v) is 7.19. The van der Waals surface area contributed by atoms with Crippen LogP contribution in [0, 0.1) is 0 Å². The number of rotatable bonds is 2. The van der Waals surface area contributed by atoms with Crippen LogP contribution in [0.1, 0.15) is 10.8 Å². The summed E-state index contributed by atoms with van der Waals surface area (Å²) < 4.78 is 6.66. The zero-order chi connectivity index (χ0) is 12.5. The summed E-state index contributed by atoms with van der Waals surface area (Å²) in [7, 11) is 0. The summed E-state index contributed by atoms with van der Waals surface area (Å²) in [6.45, 7) is 0. The molecule has 0 saturated heterocycles. The zero-order valence-electron chi connectivity index (χ0n) is 9.06. The maximum absolute atomic E-state index is 6.22. The number of nitrogens with zero attached hydrogens (tertiary/aromatic N) is 1. The summed E-state index contributed by atoms with van der Waals surface area (Å²) in [4.78, 5) is 5.39. The van der Waals surface area contributed by atoms with Gasteiger partial charge in [-0.1, -0.05) is 23.7 Å². The fourth-order valence-electron chi connectivity index (χ4n) is 1.57. The summed E-state index contributed by atoms with van der Waals surface area (Å²) in [6, 6.07) is 11.6. The van der Waals surface area contributed by atoms with E-state index in [9.17, 15) is 0 Å². The third-order valence-corrected chi connectivity index (χ3v) is 4.20. The van der Waals surface area contributed by atoms with Crippen LogP contribution in [0.4, 0.5) is 0 Å². The number of fused-ring (bicyclic) bond motifs is 1. The lowest BCUT2D eigenvalue weighted by Gasteiger charge is -1.90. The molecule has 0 amide bonds. The van der Waals surface area contributed by atoms with Gasteiger partial charge in [-0.15, -0.1) is 11.3 Å². The molecule has 0 fully saturated rings. The van der Waals surface area contributed by atoms with Crippen LogP contribution in [-0.4, -0.2) is 4.98 Å². The van der Waals surface area contributed by atoms with Gasteiger partial charge in [0, 0.05) is 4.88 Å². The molecule has 0 bridgehead atoms. The Balaban J connectivity index is 2.01. The molecule has 2 aromatic heterocycles. The van der Waals surface area contributed by atoms with Gasteiger partial charge < -0.3 is 4.42 Å². The summed E-state index contributed by atoms with van der Waals surface area (Å²) in [5.41, 5.74) is 1.55. The molecule has 1 aromatic carbocycles. The molecule has 0 unspecified atom stereocenters. The van der Waals surface area contributed by atoms with Crippen LogP contribution in [0.5, 0.6) is 0 Å². The van der Waals surface area contributed by atoms with E-state index in [-0.39, 0.29) is 0 Å². The van der Waals surface area contributed by atoms with E-state index < -0.39 is 0 Å². The van der Waals surface area contributed by atoms with Gasteiger partial charge in [0.15, 0.2) is 5.58 Å². The van der Waals surface area contributed by atoms with Crippen molar-refractivity contribution in [2.45, 2.75) is 0 Å². The molecule has 90 valence electrons. The first kappa shape index (κ1) is 12.0. The number of para-hydroxylation sites is 2. The summed E-state index contributed by atoms with van der Waals surface area (Å²) >= 11 is 11.2. The second-order valence-corrected chi connectivity index (χ2v) is 6.52. The van der Waals surface area contributed by atoms with Gasteiger partial charge in [-0.3, -0.25) is 0 Å². The lowest BCUT2D eigenvalue weighted by molar-refractivity contribution is 0.588. The van der Waals surface area contributed by atoms with Crippen molar-refractivity contribution in [3.8, 4) is 0 Å². The van der Waals surface area contributed by atoms with Gasteiger partial charge in [0.1, 0.15) is 10.5 Å². The quantitative estimate of drug-likeness (QED) is 0.625. The minimum absolute atomic E-state index is 0.447. The molecule has 0 aliphatic carbocycles. The molecule has 0 aliphatic heterocycles. The van der Waals surface area contributed by atoms with Crippen LogP contribution < -0.4 is 0 Å². The molecule has 2 nitrogen and oxygen atoms in total. The molecule has 5 heteroatoms. The topological polar surface area (TPSA) is 26.0 Å². The third-order valence-electron chi connectivity index (χ3n) is 2.36. The predicted octanol–water partition coefficient (Wildman–Crippen LogP) is 5.39. The van der Waals surface area contributed by atoms with Crippen LogP contribution in [-0.2, 0) is 0 Å². The number of benzene rings is 1. The second kappa shape index (κ2) is 4.88. The SMILES string of the molecule is Cl/C(=C\c1ccc(Br)s1)c1nc2ccccc2o1. The number of thiophene rings is 1. The van der Waals surface area contributed by atoms with Gasteiger partial charge in [0.25, 0.3) is 0 Å². The molecule has 3 rings (SSSR count). The monoisotopic (exact) mass is 339 g/mol. The maximum Gasteiger partial charge on any atom is 0.238 e. The van der Waals surface area contributed by atoms with Crippen LogP contribution in [0.3, 0.4) is 0 Å². The summed E-state index contributed by atoms with van der Waals surface area (Å²) in [6.07, 6.45) is 1.85. The lowest BCUT2D eigenvalue weighted by Crippen LogP contribution is -1.74. The van der Waals surface area contributed by atoms with Gasteiger partial charge in [-0.25, -0.2) is 4.98 Å². The zero-order valence-corrected chi connectivity index (χ0v) is 12.2. The van der Waals surface area contributed by atoms with E-state index >= 15 is 0 Å². The fraction of sp³-hybridized carbons (Fsp3) is 0. The van der Waals surface area contributed by atoms with E-state index in [1.165, 1.54) is 0 Å². The number of halogens is 2. The Morgan fingerprint density at radius 1 is 1.28 bits per heavy atom. The van der Waals surface area contributed by atoms with Crippen molar-refractivity contribution < 1.29 is 4.42 Å². The summed E-state index contributed by atoms with van der Waals surface area (Å²) in [5.74, 6) is 0.447. The van der Waals surface area contributed by atoms with E-state index in [0.717, 1.165) is 19.8 Å². The smallest absolute Gasteiger partial charge is 0.238 e. The first-order valence-electron chi connectivity index (χ1n) is 5.21. The highest BCUT2D eigenvalue weighted by Gasteiger charge is 2.08. The molecule has 18 heavy (non-hydrogen) atoms. The average Bonchev–Trinajstić information content (AvgIpc) is 2.95. The minimum atomic E-state index is 0.447. The largest absolute Gasteiger partial charge is 0.435 e.